The molecular formula is C19H16F2N2O2. The van der Waals surface area contributed by atoms with Crippen molar-refractivity contribution in [3.63, 3.8) is 0 Å². The summed E-state index contributed by atoms with van der Waals surface area (Å²) in [5, 5.41) is 3.84. The first-order chi connectivity index (χ1) is 12.0. The molecule has 3 rings (SSSR count). The summed E-state index contributed by atoms with van der Waals surface area (Å²) in [4.78, 5) is 14.1. The molecule has 0 radical (unpaired) electrons. The Labute approximate surface area is 143 Å². The minimum absolute atomic E-state index is 0.0516. The van der Waals surface area contributed by atoms with E-state index >= 15 is 0 Å². The third-order valence-electron chi connectivity index (χ3n) is 4.10. The molecule has 0 aliphatic rings. The van der Waals surface area contributed by atoms with Gasteiger partial charge in [-0.05, 0) is 36.8 Å². The molecule has 1 atom stereocenters. The summed E-state index contributed by atoms with van der Waals surface area (Å²) in [7, 11) is 1.63. The van der Waals surface area contributed by atoms with Crippen molar-refractivity contribution in [2.45, 2.75) is 13.0 Å². The van der Waals surface area contributed by atoms with Crippen LogP contribution in [0.4, 0.5) is 8.78 Å². The van der Waals surface area contributed by atoms with E-state index in [9.17, 15) is 13.6 Å². The molecule has 1 aromatic heterocycles. The van der Waals surface area contributed by atoms with Gasteiger partial charge in [0.15, 0.2) is 0 Å². The van der Waals surface area contributed by atoms with Crippen LogP contribution in [0.25, 0.3) is 11.3 Å². The molecular weight excluding hydrogens is 326 g/mol. The van der Waals surface area contributed by atoms with Crippen LogP contribution < -0.4 is 0 Å². The Balaban J connectivity index is 1.80. The molecule has 0 bridgehead atoms. The van der Waals surface area contributed by atoms with Crippen molar-refractivity contribution in [3.8, 4) is 11.3 Å². The van der Waals surface area contributed by atoms with E-state index in [0.29, 0.717) is 11.3 Å². The van der Waals surface area contributed by atoms with Crippen molar-refractivity contribution in [1.82, 2.24) is 10.1 Å². The maximum atomic E-state index is 13.3. The fourth-order valence-corrected chi connectivity index (χ4v) is 2.47. The molecule has 0 spiro atoms. The Hall–Kier alpha value is -3.02. The summed E-state index contributed by atoms with van der Waals surface area (Å²) in [6.07, 6.45) is 0. The maximum absolute atomic E-state index is 13.3. The third kappa shape index (κ3) is 3.57. The molecule has 0 aliphatic carbocycles. The highest BCUT2D eigenvalue weighted by Gasteiger charge is 2.23. The van der Waals surface area contributed by atoms with Crippen molar-refractivity contribution in [2.24, 2.45) is 0 Å². The van der Waals surface area contributed by atoms with Crippen LogP contribution >= 0.6 is 0 Å². The molecule has 1 amide bonds. The van der Waals surface area contributed by atoms with Crippen molar-refractivity contribution >= 4 is 5.91 Å². The highest BCUT2D eigenvalue weighted by molar-refractivity contribution is 5.92. The second-order valence-corrected chi connectivity index (χ2v) is 5.73. The van der Waals surface area contributed by atoms with E-state index in [1.54, 1.807) is 31.3 Å². The van der Waals surface area contributed by atoms with Crippen molar-refractivity contribution in [2.75, 3.05) is 7.05 Å². The van der Waals surface area contributed by atoms with E-state index in [0.717, 1.165) is 5.56 Å². The summed E-state index contributed by atoms with van der Waals surface area (Å²) in [6, 6.07) is 13.0. The molecule has 3 aromatic rings. The molecule has 2 aromatic carbocycles. The highest BCUT2D eigenvalue weighted by Crippen LogP contribution is 2.24. The summed E-state index contributed by atoms with van der Waals surface area (Å²) >= 11 is 0. The first-order valence-corrected chi connectivity index (χ1v) is 7.71. The van der Waals surface area contributed by atoms with Crippen LogP contribution in [0.2, 0.25) is 0 Å². The zero-order valence-electron chi connectivity index (χ0n) is 13.7. The maximum Gasteiger partial charge on any atom is 0.292 e. The smallest absolute Gasteiger partial charge is 0.292 e. The Kier molecular flexibility index (Phi) is 4.61. The lowest BCUT2D eigenvalue weighted by Gasteiger charge is -2.24. The average molecular weight is 342 g/mol. The number of nitrogens with zero attached hydrogens (tertiary/aromatic N) is 2. The van der Waals surface area contributed by atoms with Crippen LogP contribution in [0.3, 0.4) is 0 Å². The minimum Gasteiger partial charge on any atom is -0.350 e. The van der Waals surface area contributed by atoms with E-state index in [4.69, 9.17) is 4.52 Å². The monoisotopic (exact) mass is 342 g/mol. The van der Waals surface area contributed by atoms with E-state index in [1.165, 1.54) is 35.2 Å². The lowest BCUT2D eigenvalue weighted by atomic mass is 10.1. The van der Waals surface area contributed by atoms with Gasteiger partial charge < -0.3 is 9.42 Å². The third-order valence-corrected chi connectivity index (χ3v) is 4.10. The van der Waals surface area contributed by atoms with Gasteiger partial charge in [0.05, 0.1) is 6.04 Å². The van der Waals surface area contributed by atoms with Crippen molar-refractivity contribution in [3.05, 3.63) is 77.6 Å². The SMILES string of the molecule is C[C@@H](c1ccc(F)cc1)N(C)C(=O)c1cc(-c2cccc(F)c2)no1. The van der Waals surface area contributed by atoms with Crippen LogP contribution in [0, 0.1) is 11.6 Å². The van der Waals surface area contributed by atoms with Gasteiger partial charge in [-0.25, -0.2) is 8.78 Å². The lowest BCUT2D eigenvalue weighted by Crippen LogP contribution is -2.29. The molecule has 0 aliphatic heterocycles. The van der Waals surface area contributed by atoms with E-state index in [2.05, 4.69) is 5.16 Å². The highest BCUT2D eigenvalue weighted by atomic mass is 19.1. The Morgan fingerprint density at radius 3 is 2.48 bits per heavy atom. The fraction of sp³-hybridized carbons (Fsp3) is 0.158. The van der Waals surface area contributed by atoms with Crippen molar-refractivity contribution in [1.29, 1.82) is 0 Å². The van der Waals surface area contributed by atoms with Crippen LogP contribution in [-0.2, 0) is 0 Å². The Morgan fingerprint density at radius 1 is 1.08 bits per heavy atom. The number of hydrogen-bond donors (Lipinski definition) is 0. The second kappa shape index (κ2) is 6.84. The molecule has 0 unspecified atom stereocenters. The van der Waals surface area contributed by atoms with E-state index in [1.807, 2.05) is 6.92 Å². The van der Waals surface area contributed by atoms with Gasteiger partial charge in [-0.15, -0.1) is 0 Å². The van der Waals surface area contributed by atoms with E-state index < -0.39 is 5.82 Å². The van der Waals surface area contributed by atoms with Gasteiger partial charge in [0.25, 0.3) is 5.91 Å². The number of hydrogen-bond acceptors (Lipinski definition) is 3. The van der Waals surface area contributed by atoms with Gasteiger partial charge in [0.1, 0.15) is 17.3 Å². The van der Waals surface area contributed by atoms with Crippen LogP contribution in [0.5, 0.6) is 0 Å². The minimum atomic E-state index is -0.393. The van der Waals surface area contributed by atoms with Crippen LogP contribution in [0.1, 0.15) is 29.1 Å². The summed E-state index contributed by atoms with van der Waals surface area (Å²) < 4.78 is 31.5. The Bertz CT molecular complexity index is 890. The van der Waals surface area contributed by atoms with Gasteiger partial charge in [0, 0.05) is 18.7 Å². The normalized spacial score (nSPS) is 12.0. The molecule has 6 heteroatoms. The van der Waals surface area contributed by atoms with Crippen LogP contribution in [-0.4, -0.2) is 23.0 Å². The lowest BCUT2D eigenvalue weighted by molar-refractivity contribution is 0.0700. The summed E-state index contributed by atoms with van der Waals surface area (Å²) in [6.45, 7) is 1.83. The number of benzene rings is 2. The zero-order chi connectivity index (χ0) is 18.0. The van der Waals surface area contributed by atoms with Gasteiger partial charge >= 0.3 is 0 Å². The predicted molar refractivity (Wildman–Crippen MR) is 88.8 cm³/mol. The first-order valence-electron chi connectivity index (χ1n) is 7.71. The van der Waals surface area contributed by atoms with Gasteiger partial charge in [-0.2, -0.15) is 0 Å². The average Bonchev–Trinajstić information content (AvgIpc) is 3.10. The number of rotatable bonds is 4. The number of carbonyl (C=O) groups excluding carboxylic acids is 1. The fourth-order valence-electron chi connectivity index (χ4n) is 2.47. The largest absolute Gasteiger partial charge is 0.350 e. The molecule has 0 N–H and O–H groups in total. The summed E-state index contributed by atoms with van der Waals surface area (Å²) in [5.74, 6) is -1.04. The topological polar surface area (TPSA) is 46.3 Å². The van der Waals surface area contributed by atoms with Gasteiger partial charge in [-0.3, -0.25) is 4.79 Å². The first kappa shape index (κ1) is 16.8. The molecule has 0 saturated carbocycles. The molecule has 1 heterocycles. The van der Waals surface area contributed by atoms with Gasteiger partial charge in [0.2, 0.25) is 5.76 Å². The predicted octanol–water partition coefficient (Wildman–Crippen LogP) is 4.45. The zero-order valence-corrected chi connectivity index (χ0v) is 13.7. The molecule has 128 valence electrons. The number of carbonyl (C=O) groups is 1. The van der Waals surface area contributed by atoms with Crippen molar-refractivity contribution < 1.29 is 18.1 Å². The molecule has 0 fully saturated rings. The quantitative estimate of drug-likeness (QED) is 0.703. The molecule has 0 saturated heterocycles. The number of halogens is 2. The molecule has 4 nitrogen and oxygen atoms in total. The van der Waals surface area contributed by atoms with E-state index in [-0.39, 0.29) is 23.5 Å². The number of amides is 1. The summed E-state index contributed by atoms with van der Waals surface area (Å²) in [5.41, 5.74) is 1.70. The Morgan fingerprint density at radius 2 is 1.80 bits per heavy atom. The van der Waals surface area contributed by atoms with Gasteiger partial charge in [-0.1, -0.05) is 29.4 Å². The number of aromatic nitrogens is 1. The molecule has 25 heavy (non-hydrogen) atoms. The van der Waals surface area contributed by atoms with Crippen LogP contribution in [0.15, 0.2) is 59.1 Å². The second-order valence-electron chi connectivity index (χ2n) is 5.73. The standard InChI is InChI=1S/C19H16F2N2O2/c1-12(13-6-8-15(20)9-7-13)23(2)19(24)18-11-17(22-25-18)14-4-3-5-16(21)10-14/h3-12H,1-2H3/t12-/m0/s1.